The third-order valence-corrected chi connectivity index (χ3v) is 4.46. The Balaban J connectivity index is 1.89. The van der Waals surface area contributed by atoms with E-state index in [1.165, 1.54) is 11.3 Å². The highest BCUT2D eigenvalue weighted by molar-refractivity contribution is 7.14. The topological polar surface area (TPSA) is 68.3 Å². The molecular formula is C17H19ClN2O3S. The number of amides is 1. The number of nitrogens with zero attached hydrogens (tertiary/aromatic N) is 1. The van der Waals surface area contributed by atoms with Gasteiger partial charge in [0.2, 0.25) is 0 Å². The maximum Gasteiger partial charge on any atom is 0.309 e. The van der Waals surface area contributed by atoms with Gasteiger partial charge in [0.05, 0.1) is 11.6 Å². The first kappa shape index (κ1) is 18.4. The molecule has 24 heavy (non-hydrogen) atoms. The van der Waals surface area contributed by atoms with Crippen LogP contribution in [0.2, 0.25) is 5.02 Å². The summed E-state index contributed by atoms with van der Waals surface area (Å²) in [6, 6.07) is 7.36. The van der Waals surface area contributed by atoms with Gasteiger partial charge >= 0.3 is 5.97 Å². The molecule has 0 saturated carbocycles. The number of anilines is 1. The quantitative estimate of drug-likeness (QED) is 0.738. The van der Waals surface area contributed by atoms with Gasteiger partial charge < -0.3 is 4.74 Å². The normalized spacial score (nSPS) is 11.8. The van der Waals surface area contributed by atoms with Crippen molar-refractivity contribution in [3.8, 4) is 11.3 Å². The van der Waals surface area contributed by atoms with E-state index in [1.54, 1.807) is 13.0 Å². The van der Waals surface area contributed by atoms with Crippen LogP contribution in [0.5, 0.6) is 0 Å². The van der Waals surface area contributed by atoms with Crippen molar-refractivity contribution >= 4 is 39.9 Å². The molecule has 1 heterocycles. The number of esters is 1. The first-order valence-corrected chi connectivity index (χ1v) is 8.94. The van der Waals surface area contributed by atoms with Crippen molar-refractivity contribution in [2.45, 2.75) is 26.7 Å². The lowest BCUT2D eigenvalue weighted by molar-refractivity contribution is -0.151. The summed E-state index contributed by atoms with van der Waals surface area (Å²) in [6.07, 6.45) is 1.64. The van der Waals surface area contributed by atoms with Crippen molar-refractivity contribution in [1.29, 1.82) is 0 Å². The number of halogens is 1. The van der Waals surface area contributed by atoms with Crippen LogP contribution in [0.25, 0.3) is 11.3 Å². The molecule has 2 rings (SSSR count). The second kappa shape index (κ2) is 8.80. The molecule has 0 unspecified atom stereocenters. The molecular weight excluding hydrogens is 348 g/mol. The summed E-state index contributed by atoms with van der Waals surface area (Å²) >= 11 is 7.42. The van der Waals surface area contributed by atoms with Gasteiger partial charge in [0.1, 0.15) is 0 Å². The Morgan fingerprint density at radius 3 is 2.83 bits per heavy atom. The number of hydrogen-bond donors (Lipinski definition) is 1. The molecule has 0 bridgehead atoms. The van der Waals surface area contributed by atoms with Crippen LogP contribution in [0.1, 0.15) is 26.7 Å². The van der Waals surface area contributed by atoms with Crippen LogP contribution in [0.3, 0.4) is 0 Å². The van der Waals surface area contributed by atoms with E-state index in [2.05, 4.69) is 10.3 Å². The van der Waals surface area contributed by atoms with Gasteiger partial charge in [-0.3, -0.25) is 14.9 Å². The van der Waals surface area contributed by atoms with Crippen LogP contribution >= 0.6 is 22.9 Å². The van der Waals surface area contributed by atoms with Crippen molar-refractivity contribution in [2.24, 2.45) is 5.92 Å². The lowest BCUT2D eigenvalue weighted by atomic mass is 10.1. The highest BCUT2D eigenvalue weighted by Crippen LogP contribution is 2.30. The van der Waals surface area contributed by atoms with E-state index in [1.807, 2.05) is 30.5 Å². The Labute approximate surface area is 150 Å². The van der Waals surface area contributed by atoms with Crippen molar-refractivity contribution in [2.75, 3.05) is 11.9 Å². The minimum Gasteiger partial charge on any atom is -0.455 e. The van der Waals surface area contributed by atoms with Crippen LogP contribution in [0, 0.1) is 5.92 Å². The number of carbonyl (C=O) groups excluding carboxylic acids is 2. The predicted molar refractivity (Wildman–Crippen MR) is 96.2 cm³/mol. The molecule has 0 saturated heterocycles. The Hall–Kier alpha value is -1.92. The highest BCUT2D eigenvalue weighted by Gasteiger charge is 2.16. The van der Waals surface area contributed by atoms with Gasteiger partial charge in [0.15, 0.2) is 11.7 Å². The van der Waals surface area contributed by atoms with Crippen molar-refractivity contribution in [3.05, 3.63) is 34.7 Å². The highest BCUT2D eigenvalue weighted by atomic mass is 35.5. The first-order chi connectivity index (χ1) is 11.5. The molecule has 5 nitrogen and oxygen atoms in total. The number of benzene rings is 1. The Morgan fingerprint density at radius 2 is 2.12 bits per heavy atom. The SMILES string of the molecule is CCC[C@@H](C)C(=O)OCC(=O)Nc1nc(-c2ccccc2Cl)cs1. The zero-order valence-electron chi connectivity index (χ0n) is 13.5. The van der Waals surface area contributed by atoms with Crippen LogP contribution in [0.4, 0.5) is 5.13 Å². The third-order valence-electron chi connectivity index (χ3n) is 3.37. The lowest BCUT2D eigenvalue weighted by Gasteiger charge is -2.09. The molecule has 0 aliphatic rings. The van der Waals surface area contributed by atoms with Crippen LogP contribution in [-0.2, 0) is 14.3 Å². The largest absolute Gasteiger partial charge is 0.455 e. The number of rotatable bonds is 7. The molecule has 0 fully saturated rings. The van der Waals surface area contributed by atoms with E-state index < -0.39 is 5.91 Å². The molecule has 0 aliphatic carbocycles. The predicted octanol–water partition coefficient (Wildman–Crippen LogP) is 4.38. The van der Waals surface area contributed by atoms with Gasteiger partial charge in [0, 0.05) is 16.0 Å². The van der Waals surface area contributed by atoms with Crippen LogP contribution < -0.4 is 5.32 Å². The summed E-state index contributed by atoms with van der Waals surface area (Å²) in [5.41, 5.74) is 1.49. The minimum absolute atomic E-state index is 0.200. The second-order valence-electron chi connectivity index (χ2n) is 5.36. The van der Waals surface area contributed by atoms with E-state index in [-0.39, 0.29) is 18.5 Å². The fourth-order valence-electron chi connectivity index (χ4n) is 2.11. The van der Waals surface area contributed by atoms with E-state index in [0.29, 0.717) is 15.8 Å². The molecule has 1 aromatic carbocycles. The van der Waals surface area contributed by atoms with Gasteiger partial charge in [-0.05, 0) is 12.5 Å². The summed E-state index contributed by atoms with van der Waals surface area (Å²) in [7, 11) is 0. The van der Waals surface area contributed by atoms with E-state index in [4.69, 9.17) is 16.3 Å². The number of nitrogens with one attached hydrogen (secondary N) is 1. The summed E-state index contributed by atoms with van der Waals surface area (Å²) in [5.74, 6) is -0.968. The van der Waals surface area contributed by atoms with E-state index in [0.717, 1.165) is 18.4 Å². The summed E-state index contributed by atoms with van der Waals surface area (Å²) < 4.78 is 5.01. The lowest BCUT2D eigenvalue weighted by Crippen LogP contribution is -2.23. The zero-order chi connectivity index (χ0) is 17.5. The van der Waals surface area contributed by atoms with Crippen molar-refractivity contribution in [3.63, 3.8) is 0 Å². The molecule has 0 aliphatic heterocycles. The van der Waals surface area contributed by atoms with E-state index in [9.17, 15) is 9.59 Å². The first-order valence-electron chi connectivity index (χ1n) is 7.68. The summed E-state index contributed by atoms with van der Waals surface area (Å²) in [5, 5.41) is 5.47. The van der Waals surface area contributed by atoms with Gasteiger partial charge in [-0.2, -0.15) is 0 Å². The monoisotopic (exact) mass is 366 g/mol. The van der Waals surface area contributed by atoms with Crippen LogP contribution in [0.15, 0.2) is 29.6 Å². The van der Waals surface area contributed by atoms with Crippen LogP contribution in [-0.4, -0.2) is 23.5 Å². The van der Waals surface area contributed by atoms with Crippen molar-refractivity contribution < 1.29 is 14.3 Å². The number of hydrogen-bond acceptors (Lipinski definition) is 5. The summed E-state index contributed by atoms with van der Waals surface area (Å²) in [6.45, 7) is 3.48. The van der Waals surface area contributed by atoms with Gasteiger partial charge in [-0.1, -0.05) is 50.1 Å². The minimum atomic E-state index is -0.410. The smallest absolute Gasteiger partial charge is 0.309 e. The van der Waals surface area contributed by atoms with Gasteiger partial charge in [-0.15, -0.1) is 11.3 Å². The summed E-state index contributed by atoms with van der Waals surface area (Å²) in [4.78, 5) is 27.9. The maximum absolute atomic E-state index is 11.9. The number of aromatic nitrogens is 1. The molecule has 7 heteroatoms. The number of thiazole rings is 1. The molecule has 0 spiro atoms. The standard InChI is InChI=1S/C17H19ClN2O3S/c1-3-6-11(2)16(22)23-9-15(21)20-17-19-14(10-24-17)12-7-4-5-8-13(12)18/h4-5,7-8,10-11H,3,6,9H2,1-2H3,(H,19,20,21)/t11-/m1/s1. The third kappa shape index (κ3) is 5.04. The fraction of sp³-hybridized carbons (Fsp3) is 0.353. The second-order valence-corrected chi connectivity index (χ2v) is 6.63. The number of carbonyl (C=O) groups is 2. The molecule has 0 radical (unpaired) electrons. The van der Waals surface area contributed by atoms with Gasteiger partial charge in [0.25, 0.3) is 5.91 Å². The zero-order valence-corrected chi connectivity index (χ0v) is 15.1. The molecule has 1 atom stereocenters. The molecule has 1 aromatic heterocycles. The Bertz CT molecular complexity index is 717. The van der Waals surface area contributed by atoms with Gasteiger partial charge in [-0.25, -0.2) is 4.98 Å². The maximum atomic E-state index is 11.9. The fourth-order valence-corrected chi connectivity index (χ4v) is 3.07. The molecule has 1 amide bonds. The average Bonchev–Trinajstić information content (AvgIpc) is 3.01. The Kier molecular flexibility index (Phi) is 6.75. The van der Waals surface area contributed by atoms with E-state index >= 15 is 0 Å². The molecule has 128 valence electrons. The number of ether oxygens (including phenoxy) is 1. The average molecular weight is 367 g/mol. The molecule has 2 aromatic rings. The van der Waals surface area contributed by atoms with Crippen molar-refractivity contribution in [1.82, 2.24) is 4.98 Å². The molecule has 1 N–H and O–H groups in total. The Morgan fingerprint density at radius 1 is 1.38 bits per heavy atom.